The van der Waals surface area contributed by atoms with Crippen LogP contribution in [-0.4, -0.2) is 32.4 Å². The molecule has 0 aliphatic carbocycles. The van der Waals surface area contributed by atoms with E-state index in [4.69, 9.17) is 9.47 Å². The Morgan fingerprint density at radius 2 is 2.39 bits per heavy atom. The number of urea groups is 1. The van der Waals surface area contributed by atoms with Gasteiger partial charge in [-0.15, -0.1) is 0 Å². The van der Waals surface area contributed by atoms with Gasteiger partial charge >= 0.3 is 6.03 Å². The summed E-state index contributed by atoms with van der Waals surface area (Å²) in [6, 6.07) is 5.43. The van der Waals surface area contributed by atoms with Crippen LogP contribution in [0.25, 0.3) is 0 Å². The van der Waals surface area contributed by atoms with Crippen molar-refractivity contribution in [3.63, 3.8) is 0 Å². The second-order valence-corrected chi connectivity index (χ2v) is 4.38. The zero-order chi connectivity index (χ0) is 13.0. The molecule has 98 valence electrons. The molecular formula is C13H18N2O3. The highest BCUT2D eigenvalue weighted by Gasteiger charge is 2.13. The van der Waals surface area contributed by atoms with Crippen molar-refractivity contribution in [2.45, 2.75) is 19.4 Å². The Hall–Kier alpha value is -1.75. The minimum Gasteiger partial charge on any atom is -0.493 e. The molecule has 0 spiro atoms. The molecule has 0 radical (unpaired) electrons. The topological polar surface area (TPSA) is 59.6 Å². The van der Waals surface area contributed by atoms with Crippen LogP contribution in [-0.2, 0) is 11.2 Å². The van der Waals surface area contributed by atoms with Crippen molar-refractivity contribution in [2.24, 2.45) is 0 Å². The molecule has 0 unspecified atom stereocenters. The van der Waals surface area contributed by atoms with Gasteiger partial charge in [0, 0.05) is 19.2 Å². The largest absolute Gasteiger partial charge is 0.493 e. The van der Waals surface area contributed by atoms with Gasteiger partial charge in [-0.3, -0.25) is 0 Å². The second kappa shape index (κ2) is 5.73. The van der Waals surface area contributed by atoms with Gasteiger partial charge in [0.2, 0.25) is 0 Å². The van der Waals surface area contributed by atoms with E-state index in [9.17, 15) is 4.79 Å². The maximum atomic E-state index is 11.7. The molecule has 1 aliphatic heterocycles. The van der Waals surface area contributed by atoms with Crippen LogP contribution in [0.2, 0.25) is 0 Å². The number of hydrogen-bond acceptors (Lipinski definition) is 3. The Bertz CT molecular complexity index is 434. The van der Waals surface area contributed by atoms with E-state index in [2.05, 4.69) is 10.6 Å². The Morgan fingerprint density at radius 3 is 3.17 bits per heavy atom. The van der Waals surface area contributed by atoms with Gasteiger partial charge in [0.05, 0.1) is 19.3 Å². The zero-order valence-corrected chi connectivity index (χ0v) is 10.7. The van der Waals surface area contributed by atoms with Crippen LogP contribution in [0.4, 0.5) is 10.5 Å². The number of nitrogens with one attached hydrogen (secondary N) is 2. The van der Waals surface area contributed by atoms with Crippen molar-refractivity contribution in [1.82, 2.24) is 5.32 Å². The molecule has 2 N–H and O–H groups in total. The van der Waals surface area contributed by atoms with Gasteiger partial charge in [0.15, 0.2) is 0 Å². The molecule has 1 aromatic carbocycles. The van der Waals surface area contributed by atoms with Gasteiger partial charge in [0.25, 0.3) is 0 Å². The Balaban J connectivity index is 1.91. The van der Waals surface area contributed by atoms with Crippen LogP contribution in [0, 0.1) is 0 Å². The molecule has 5 nitrogen and oxygen atoms in total. The monoisotopic (exact) mass is 250 g/mol. The Morgan fingerprint density at radius 1 is 1.56 bits per heavy atom. The first-order chi connectivity index (χ1) is 8.69. The van der Waals surface area contributed by atoms with E-state index in [-0.39, 0.29) is 12.1 Å². The fourth-order valence-corrected chi connectivity index (χ4v) is 1.95. The molecular weight excluding hydrogens is 232 g/mol. The summed E-state index contributed by atoms with van der Waals surface area (Å²) in [4.78, 5) is 11.7. The number of methoxy groups -OCH3 is 1. The number of fused-ring (bicyclic) bond motifs is 1. The summed E-state index contributed by atoms with van der Waals surface area (Å²) in [7, 11) is 1.61. The molecule has 0 fully saturated rings. The Kier molecular flexibility index (Phi) is 4.04. The lowest BCUT2D eigenvalue weighted by molar-refractivity contribution is 0.173. The fraction of sp³-hybridized carbons (Fsp3) is 0.462. The molecule has 0 aromatic heterocycles. The average Bonchev–Trinajstić information content (AvgIpc) is 2.76. The van der Waals surface area contributed by atoms with Gasteiger partial charge < -0.3 is 20.1 Å². The highest BCUT2D eigenvalue weighted by atomic mass is 16.5. The molecule has 1 atom stereocenters. The summed E-state index contributed by atoms with van der Waals surface area (Å²) >= 11 is 0. The lowest BCUT2D eigenvalue weighted by Crippen LogP contribution is -2.38. The molecule has 2 rings (SSSR count). The number of carbonyl (C=O) groups is 1. The van der Waals surface area contributed by atoms with Crippen molar-refractivity contribution >= 4 is 11.7 Å². The maximum Gasteiger partial charge on any atom is 0.319 e. The fourth-order valence-electron chi connectivity index (χ4n) is 1.95. The number of hydrogen-bond donors (Lipinski definition) is 2. The van der Waals surface area contributed by atoms with Crippen LogP contribution in [0.5, 0.6) is 5.75 Å². The quantitative estimate of drug-likeness (QED) is 0.856. The third kappa shape index (κ3) is 3.13. The highest BCUT2D eigenvalue weighted by molar-refractivity contribution is 5.89. The Labute approximate surface area is 106 Å². The molecule has 1 aliphatic rings. The predicted molar refractivity (Wildman–Crippen MR) is 69.1 cm³/mol. The first-order valence-electron chi connectivity index (χ1n) is 6.01. The number of carbonyl (C=O) groups excluding carboxylic acids is 1. The average molecular weight is 250 g/mol. The first kappa shape index (κ1) is 12.7. The van der Waals surface area contributed by atoms with E-state index >= 15 is 0 Å². The van der Waals surface area contributed by atoms with Crippen LogP contribution >= 0.6 is 0 Å². The number of rotatable bonds is 4. The molecule has 1 heterocycles. The van der Waals surface area contributed by atoms with Gasteiger partial charge in [-0.05, 0) is 30.7 Å². The minimum absolute atomic E-state index is 0.0206. The molecule has 5 heteroatoms. The third-order valence-electron chi connectivity index (χ3n) is 2.74. The summed E-state index contributed by atoms with van der Waals surface area (Å²) in [6.07, 6.45) is 0.895. The molecule has 1 aromatic rings. The van der Waals surface area contributed by atoms with E-state index in [0.29, 0.717) is 6.61 Å². The van der Waals surface area contributed by atoms with Crippen molar-refractivity contribution in [3.8, 4) is 5.75 Å². The van der Waals surface area contributed by atoms with E-state index in [1.54, 1.807) is 7.11 Å². The standard InChI is InChI=1S/C13H18N2O3/c1-9(8-17-2)14-13(16)15-11-3-4-12-10(7-11)5-6-18-12/h3-4,7,9H,5-6,8H2,1-2H3,(H2,14,15,16)/t9-/m0/s1. The summed E-state index contributed by atoms with van der Waals surface area (Å²) in [6.45, 7) is 3.10. The SMILES string of the molecule is COC[C@H](C)NC(=O)Nc1ccc2c(c1)CCO2. The lowest BCUT2D eigenvalue weighted by atomic mass is 10.1. The number of anilines is 1. The van der Waals surface area contributed by atoms with Gasteiger partial charge in [-0.1, -0.05) is 0 Å². The highest BCUT2D eigenvalue weighted by Crippen LogP contribution is 2.27. The molecule has 2 amide bonds. The van der Waals surface area contributed by atoms with Crippen LogP contribution in [0.3, 0.4) is 0 Å². The van der Waals surface area contributed by atoms with Gasteiger partial charge in [-0.2, -0.15) is 0 Å². The zero-order valence-electron chi connectivity index (χ0n) is 10.7. The van der Waals surface area contributed by atoms with Crippen molar-refractivity contribution < 1.29 is 14.3 Å². The summed E-state index contributed by atoms with van der Waals surface area (Å²) in [5.74, 6) is 0.911. The van der Waals surface area contributed by atoms with Crippen LogP contribution in [0.15, 0.2) is 18.2 Å². The normalized spacial score (nSPS) is 14.6. The molecule has 0 saturated carbocycles. The number of benzene rings is 1. The van der Waals surface area contributed by atoms with E-state index in [1.165, 1.54) is 0 Å². The second-order valence-electron chi connectivity index (χ2n) is 4.38. The number of ether oxygens (including phenoxy) is 2. The molecule has 18 heavy (non-hydrogen) atoms. The van der Waals surface area contributed by atoms with E-state index in [1.807, 2.05) is 25.1 Å². The van der Waals surface area contributed by atoms with Crippen LogP contribution in [0.1, 0.15) is 12.5 Å². The summed E-state index contributed by atoms with van der Waals surface area (Å²) in [5, 5.41) is 5.59. The lowest BCUT2D eigenvalue weighted by Gasteiger charge is -2.13. The maximum absolute atomic E-state index is 11.7. The van der Waals surface area contributed by atoms with Crippen molar-refractivity contribution in [2.75, 3.05) is 25.6 Å². The predicted octanol–water partition coefficient (Wildman–Crippen LogP) is 1.78. The van der Waals surface area contributed by atoms with Crippen molar-refractivity contribution in [3.05, 3.63) is 23.8 Å². The first-order valence-corrected chi connectivity index (χ1v) is 6.01. The minimum atomic E-state index is -0.224. The van der Waals surface area contributed by atoms with Gasteiger partial charge in [0.1, 0.15) is 5.75 Å². The summed E-state index contributed by atoms with van der Waals surface area (Å²) in [5.41, 5.74) is 1.92. The van der Waals surface area contributed by atoms with E-state index < -0.39 is 0 Å². The molecule has 0 saturated heterocycles. The third-order valence-corrected chi connectivity index (χ3v) is 2.74. The van der Waals surface area contributed by atoms with E-state index in [0.717, 1.165) is 30.0 Å². The number of amides is 2. The molecule has 0 bridgehead atoms. The van der Waals surface area contributed by atoms with Gasteiger partial charge in [-0.25, -0.2) is 4.79 Å². The van der Waals surface area contributed by atoms with Crippen LogP contribution < -0.4 is 15.4 Å². The smallest absolute Gasteiger partial charge is 0.319 e. The summed E-state index contributed by atoms with van der Waals surface area (Å²) < 4.78 is 10.4. The van der Waals surface area contributed by atoms with Crippen molar-refractivity contribution in [1.29, 1.82) is 0 Å².